The lowest BCUT2D eigenvalue weighted by Crippen LogP contribution is -2.49. The molecule has 2 saturated heterocycles. The molecule has 24 heavy (non-hydrogen) atoms. The third-order valence-electron chi connectivity index (χ3n) is 3.99. The lowest BCUT2D eigenvalue weighted by atomic mass is 10.0. The number of fused-ring (bicyclic) bond motifs is 2. The number of hydrogen-bond donors (Lipinski definition) is 2. The molecule has 2 bridgehead atoms. The minimum absolute atomic E-state index is 0.166. The quantitative estimate of drug-likeness (QED) is 0.693. The Labute approximate surface area is 138 Å². The monoisotopic (exact) mass is 356 g/mol. The summed E-state index contributed by atoms with van der Waals surface area (Å²) in [7, 11) is -4.79. The first-order valence-corrected chi connectivity index (χ1v) is 8.65. The van der Waals surface area contributed by atoms with Crippen LogP contribution in [0.5, 0.6) is 0 Å². The normalized spacial score (nSPS) is 23.5. The van der Waals surface area contributed by atoms with Gasteiger partial charge in [-0.15, -0.1) is 4.28 Å². The Hall–Kier alpha value is -2.24. The van der Waals surface area contributed by atoms with Crippen LogP contribution in [0.2, 0.25) is 0 Å². The van der Waals surface area contributed by atoms with Crippen molar-refractivity contribution in [1.29, 1.82) is 0 Å². The smallest absolute Gasteiger partial charge is 0.350 e. The van der Waals surface area contributed by atoms with Crippen LogP contribution in [0.3, 0.4) is 0 Å². The molecule has 2 aliphatic rings. The summed E-state index contributed by atoms with van der Waals surface area (Å²) in [5, 5.41) is 3.35. The Balaban J connectivity index is 1.64. The van der Waals surface area contributed by atoms with Crippen LogP contribution in [0.25, 0.3) is 0 Å². The first kappa shape index (κ1) is 16.6. The number of hydroxylamine groups is 2. The first-order valence-electron chi connectivity index (χ1n) is 7.28. The number of nitrogens with one attached hydrogen (secondary N) is 1. The molecule has 1 aromatic heterocycles. The van der Waals surface area contributed by atoms with Crippen molar-refractivity contribution in [3.8, 4) is 0 Å². The highest BCUT2D eigenvalue weighted by molar-refractivity contribution is 7.80. The number of carbonyl (C=O) groups excluding carboxylic acids is 2. The zero-order valence-corrected chi connectivity index (χ0v) is 13.3. The lowest BCUT2D eigenvalue weighted by molar-refractivity contribution is -0.126. The van der Waals surface area contributed by atoms with Gasteiger partial charge in [0.15, 0.2) is 0 Å². The van der Waals surface area contributed by atoms with Crippen LogP contribution < -0.4 is 5.32 Å². The summed E-state index contributed by atoms with van der Waals surface area (Å²) >= 11 is 0. The molecule has 3 heterocycles. The Morgan fingerprint density at radius 3 is 2.92 bits per heavy atom. The van der Waals surface area contributed by atoms with Crippen LogP contribution >= 0.6 is 0 Å². The van der Waals surface area contributed by atoms with Crippen LogP contribution in [0, 0.1) is 0 Å². The van der Waals surface area contributed by atoms with E-state index in [-0.39, 0.29) is 19.0 Å². The molecule has 0 radical (unpaired) electrons. The van der Waals surface area contributed by atoms with Gasteiger partial charge >= 0.3 is 16.4 Å². The molecule has 2 N–H and O–H groups in total. The number of aromatic nitrogens is 1. The zero-order chi connectivity index (χ0) is 17.3. The topological polar surface area (TPSA) is 129 Å². The maximum Gasteiger partial charge on any atom is 0.418 e. The third-order valence-corrected chi connectivity index (χ3v) is 4.34. The number of hydrogen-bond acceptors (Lipinski definition) is 6. The highest BCUT2D eigenvalue weighted by Crippen LogP contribution is 2.30. The third kappa shape index (κ3) is 3.47. The number of pyridine rings is 1. The molecular formula is C13H16N4O6S. The summed E-state index contributed by atoms with van der Waals surface area (Å²) in [6, 6.07) is 1.59. The predicted molar refractivity (Wildman–Crippen MR) is 79.5 cm³/mol. The fraction of sp³-hybridized carbons (Fsp3) is 0.462. The first-order chi connectivity index (χ1) is 11.3. The summed E-state index contributed by atoms with van der Waals surface area (Å²) in [5.74, 6) is -0.334. The van der Waals surface area contributed by atoms with Gasteiger partial charge in [0, 0.05) is 25.5 Å². The van der Waals surface area contributed by atoms with E-state index >= 15 is 0 Å². The fourth-order valence-corrected chi connectivity index (χ4v) is 3.30. The zero-order valence-electron chi connectivity index (χ0n) is 12.5. The SMILES string of the molecule is O=C(NCc1cccnc1)[C@H]1CC[C@@H]2CN1C(=O)N2OS(=O)(=O)O. The van der Waals surface area contributed by atoms with E-state index in [9.17, 15) is 18.0 Å². The molecule has 0 saturated carbocycles. The largest absolute Gasteiger partial charge is 0.418 e. The van der Waals surface area contributed by atoms with Gasteiger partial charge in [0.25, 0.3) is 0 Å². The van der Waals surface area contributed by atoms with Crippen LogP contribution in [-0.4, -0.2) is 58.5 Å². The predicted octanol–water partition coefficient (Wildman–Crippen LogP) is -0.299. The number of piperidine rings is 1. The van der Waals surface area contributed by atoms with Crippen LogP contribution in [0.15, 0.2) is 24.5 Å². The molecule has 2 atom stereocenters. The van der Waals surface area contributed by atoms with Crippen molar-refractivity contribution >= 4 is 22.3 Å². The van der Waals surface area contributed by atoms with Crippen LogP contribution in [-0.2, 0) is 26.0 Å². The second kappa shape index (κ2) is 6.34. The number of urea groups is 1. The molecule has 0 aliphatic carbocycles. The molecule has 0 unspecified atom stereocenters. The number of rotatable bonds is 5. The number of carbonyl (C=O) groups is 2. The van der Waals surface area contributed by atoms with Crippen molar-refractivity contribution in [1.82, 2.24) is 20.3 Å². The van der Waals surface area contributed by atoms with Crippen molar-refractivity contribution in [3.63, 3.8) is 0 Å². The fourth-order valence-electron chi connectivity index (χ4n) is 2.91. The van der Waals surface area contributed by atoms with Gasteiger partial charge in [0.05, 0.1) is 6.04 Å². The number of nitrogens with zero attached hydrogens (tertiary/aromatic N) is 3. The van der Waals surface area contributed by atoms with Crippen LogP contribution in [0.4, 0.5) is 4.79 Å². The van der Waals surface area contributed by atoms with E-state index in [1.54, 1.807) is 18.5 Å². The average Bonchev–Trinajstić information content (AvgIpc) is 2.77. The Kier molecular flexibility index (Phi) is 4.39. The van der Waals surface area contributed by atoms with Crippen LogP contribution in [0.1, 0.15) is 18.4 Å². The molecule has 3 rings (SSSR count). The van der Waals surface area contributed by atoms with Gasteiger partial charge in [-0.1, -0.05) is 6.07 Å². The van der Waals surface area contributed by atoms with Gasteiger partial charge in [0.2, 0.25) is 5.91 Å². The summed E-state index contributed by atoms with van der Waals surface area (Å²) in [4.78, 5) is 29.8. The minimum Gasteiger partial charge on any atom is -0.350 e. The molecule has 0 spiro atoms. The molecule has 3 amide bonds. The maximum atomic E-state index is 12.3. The van der Waals surface area contributed by atoms with Gasteiger partial charge in [-0.05, 0) is 24.5 Å². The van der Waals surface area contributed by atoms with E-state index in [1.165, 1.54) is 4.90 Å². The highest BCUT2D eigenvalue weighted by Gasteiger charge is 2.49. The van der Waals surface area contributed by atoms with Gasteiger partial charge in [-0.3, -0.25) is 14.3 Å². The van der Waals surface area contributed by atoms with E-state index in [0.717, 1.165) is 5.56 Å². The second-order valence-corrected chi connectivity index (χ2v) is 6.59. The van der Waals surface area contributed by atoms with Gasteiger partial charge in [-0.2, -0.15) is 13.5 Å². The molecule has 11 heteroatoms. The Morgan fingerprint density at radius 1 is 1.46 bits per heavy atom. The van der Waals surface area contributed by atoms with E-state index in [0.29, 0.717) is 17.9 Å². The minimum atomic E-state index is -4.79. The van der Waals surface area contributed by atoms with Crippen molar-refractivity contribution in [2.75, 3.05) is 6.54 Å². The van der Waals surface area contributed by atoms with E-state index < -0.39 is 28.5 Å². The van der Waals surface area contributed by atoms with Crippen molar-refractivity contribution in [2.24, 2.45) is 0 Å². The summed E-state index contributed by atoms with van der Waals surface area (Å²) in [5.41, 5.74) is 0.823. The van der Waals surface area contributed by atoms with Crippen molar-refractivity contribution < 1.29 is 26.8 Å². The van der Waals surface area contributed by atoms with Gasteiger partial charge in [0.1, 0.15) is 6.04 Å². The van der Waals surface area contributed by atoms with E-state index in [2.05, 4.69) is 14.6 Å². The summed E-state index contributed by atoms with van der Waals surface area (Å²) < 4.78 is 34.7. The summed E-state index contributed by atoms with van der Waals surface area (Å²) in [6.45, 7) is 0.444. The van der Waals surface area contributed by atoms with Crippen molar-refractivity contribution in [3.05, 3.63) is 30.1 Å². The maximum absolute atomic E-state index is 12.3. The molecule has 1 aromatic rings. The molecule has 2 aliphatic heterocycles. The van der Waals surface area contributed by atoms with E-state index in [4.69, 9.17) is 4.55 Å². The highest BCUT2D eigenvalue weighted by atomic mass is 32.3. The standard InChI is InChI=1S/C13H16N4O6S/c18-12(15-7-9-2-1-5-14-6-9)11-4-3-10-8-16(11)13(19)17(10)23-24(20,21)22/h1-2,5-6,10-11H,3-4,7-8H2,(H,15,18)(H,20,21,22)/t10-,11-/m1/s1. The molecule has 10 nitrogen and oxygen atoms in total. The Bertz CT molecular complexity index is 740. The van der Waals surface area contributed by atoms with Gasteiger partial charge < -0.3 is 10.2 Å². The summed E-state index contributed by atoms with van der Waals surface area (Å²) in [6.07, 6.45) is 4.02. The molecule has 0 aromatic carbocycles. The van der Waals surface area contributed by atoms with Gasteiger partial charge in [-0.25, -0.2) is 4.79 Å². The molecular weight excluding hydrogens is 340 g/mol. The molecule has 130 valence electrons. The lowest BCUT2D eigenvalue weighted by Gasteiger charge is -2.29. The average molecular weight is 356 g/mol. The van der Waals surface area contributed by atoms with Crippen molar-refractivity contribution in [2.45, 2.75) is 31.5 Å². The second-order valence-electron chi connectivity index (χ2n) is 5.59. The number of amides is 3. The van der Waals surface area contributed by atoms with E-state index in [1.807, 2.05) is 6.07 Å². The Morgan fingerprint density at radius 2 is 2.25 bits per heavy atom. The molecule has 2 fully saturated rings.